The maximum Gasteiger partial charge on any atom is 0.338 e. The van der Waals surface area contributed by atoms with E-state index in [4.69, 9.17) is 14.2 Å². The first-order chi connectivity index (χ1) is 13.4. The van der Waals surface area contributed by atoms with Crippen molar-refractivity contribution in [2.24, 2.45) is 0 Å². The van der Waals surface area contributed by atoms with Crippen molar-refractivity contribution in [3.05, 3.63) is 78.4 Å². The van der Waals surface area contributed by atoms with Gasteiger partial charge in [-0.1, -0.05) is 24.8 Å². The fraction of sp³-hybridized carbons (Fsp3) is 0.0952. The lowest BCUT2D eigenvalue weighted by Gasteiger charge is -2.10. The molecule has 0 saturated carbocycles. The van der Waals surface area contributed by atoms with Crippen LogP contribution < -0.4 is 9.47 Å². The number of hydrogen-bond donors (Lipinski definition) is 0. The SMILES string of the molecule is C=C(OC)c1cc(OC(=O)/C=C/C(=O)Oc2ccccc2)cc(C(=O)OC)c1. The van der Waals surface area contributed by atoms with Crippen molar-refractivity contribution in [2.45, 2.75) is 0 Å². The number of esters is 3. The molecule has 0 unspecified atom stereocenters. The second-order valence-corrected chi connectivity index (χ2v) is 5.35. The molecule has 0 spiro atoms. The molecule has 0 radical (unpaired) electrons. The Morgan fingerprint density at radius 2 is 1.36 bits per heavy atom. The summed E-state index contributed by atoms with van der Waals surface area (Å²) in [6.07, 6.45) is 1.86. The Balaban J connectivity index is 2.10. The van der Waals surface area contributed by atoms with Crippen LogP contribution in [0.3, 0.4) is 0 Å². The third kappa shape index (κ3) is 5.84. The molecule has 0 aliphatic rings. The smallest absolute Gasteiger partial charge is 0.338 e. The van der Waals surface area contributed by atoms with Crippen LogP contribution in [-0.4, -0.2) is 32.1 Å². The van der Waals surface area contributed by atoms with Crippen molar-refractivity contribution >= 4 is 23.7 Å². The van der Waals surface area contributed by atoms with Crippen LogP contribution in [0, 0.1) is 0 Å². The summed E-state index contributed by atoms with van der Waals surface area (Å²) < 4.78 is 19.9. The van der Waals surface area contributed by atoms with Gasteiger partial charge in [-0.3, -0.25) is 0 Å². The quantitative estimate of drug-likeness (QED) is 0.315. The maximum atomic E-state index is 12.0. The third-order valence-corrected chi connectivity index (χ3v) is 3.43. The zero-order chi connectivity index (χ0) is 20.5. The number of benzene rings is 2. The molecule has 0 saturated heterocycles. The lowest BCUT2D eigenvalue weighted by Crippen LogP contribution is -2.09. The lowest BCUT2D eigenvalue weighted by molar-refractivity contribution is -0.131. The van der Waals surface area contributed by atoms with Gasteiger partial charge in [0.25, 0.3) is 0 Å². The van der Waals surface area contributed by atoms with E-state index in [2.05, 4.69) is 11.3 Å². The van der Waals surface area contributed by atoms with Gasteiger partial charge in [-0.25, -0.2) is 14.4 Å². The second kappa shape index (κ2) is 9.72. The van der Waals surface area contributed by atoms with E-state index in [1.165, 1.54) is 32.4 Å². The number of ether oxygens (including phenoxy) is 4. The number of hydrogen-bond acceptors (Lipinski definition) is 7. The van der Waals surface area contributed by atoms with Crippen LogP contribution in [0.2, 0.25) is 0 Å². The van der Waals surface area contributed by atoms with E-state index in [9.17, 15) is 14.4 Å². The summed E-state index contributed by atoms with van der Waals surface area (Å²) in [7, 11) is 2.65. The Morgan fingerprint density at radius 1 is 0.786 bits per heavy atom. The van der Waals surface area contributed by atoms with Gasteiger partial charge in [0.2, 0.25) is 0 Å². The molecular weight excluding hydrogens is 364 g/mol. The van der Waals surface area contributed by atoms with Gasteiger partial charge in [-0.15, -0.1) is 0 Å². The first kappa shape index (κ1) is 20.4. The predicted octanol–water partition coefficient (Wildman–Crippen LogP) is 3.16. The van der Waals surface area contributed by atoms with E-state index in [-0.39, 0.29) is 17.1 Å². The first-order valence-corrected chi connectivity index (χ1v) is 8.06. The van der Waals surface area contributed by atoms with Gasteiger partial charge in [0.05, 0.1) is 19.8 Å². The van der Waals surface area contributed by atoms with Crippen molar-refractivity contribution in [2.75, 3.05) is 14.2 Å². The van der Waals surface area contributed by atoms with Crippen LogP contribution in [0.1, 0.15) is 15.9 Å². The van der Waals surface area contributed by atoms with E-state index in [0.29, 0.717) is 11.3 Å². The topological polar surface area (TPSA) is 88.1 Å². The molecule has 0 aliphatic heterocycles. The number of carbonyl (C=O) groups excluding carboxylic acids is 3. The summed E-state index contributed by atoms with van der Waals surface area (Å²) in [4.78, 5) is 35.5. The Morgan fingerprint density at radius 3 is 1.93 bits per heavy atom. The van der Waals surface area contributed by atoms with Gasteiger partial charge < -0.3 is 18.9 Å². The number of para-hydroxylation sites is 1. The minimum Gasteiger partial charge on any atom is -0.497 e. The summed E-state index contributed by atoms with van der Waals surface area (Å²) in [5.74, 6) is -1.52. The molecule has 0 fully saturated rings. The van der Waals surface area contributed by atoms with Crippen molar-refractivity contribution < 1.29 is 33.3 Å². The minimum absolute atomic E-state index is 0.0576. The van der Waals surface area contributed by atoms with Crippen LogP contribution in [0.15, 0.2) is 67.3 Å². The molecule has 0 aliphatic carbocycles. The minimum atomic E-state index is -0.832. The van der Waals surface area contributed by atoms with Gasteiger partial charge in [0, 0.05) is 17.7 Å². The zero-order valence-corrected chi connectivity index (χ0v) is 15.3. The van der Waals surface area contributed by atoms with Crippen molar-refractivity contribution in [1.82, 2.24) is 0 Å². The Kier molecular flexibility index (Phi) is 7.10. The van der Waals surface area contributed by atoms with Crippen LogP contribution in [0.25, 0.3) is 5.76 Å². The molecule has 2 rings (SSSR count). The second-order valence-electron chi connectivity index (χ2n) is 5.35. The summed E-state index contributed by atoms with van der Waals surface area (Å²) in [6, 6.07) is 12.7. The molecule has 0 bridgehead atoms. The van der Waals surface area contributed by atoms with E-state index in [1.54, 1.807) is 30.3 Å². The van der Waals surface area contributed by atoms with E-state index >= 15 is 0 Å². The standard InChI is InChI=1S/C21H18O7/c1-14(25-2)15-11-16(21(24)26-3)13-18(12-15)28-20(23)10-9-19(22)27-17-7-5-4-6-8-17/h4-13H,1H2,2-3H3/b10-9+. The summed E-state index contributed by atoms with van der Waals surface area (Å²) >= 11 is 0. The van der Waals surface area contributed by atoms with Crippen molar-refractivity contribution in [3.8, 4) is 11.5 Å². The molecule has 2 aromatic carbocycles. The van der Waals surface area contributed by atoms with Crippen molar-refractivity contribution in [3.63, 3.8) is 0 Å². The molecule has 0 N–H and O–H groups in total. The molecule has 7 nitrogen and oxygen atoms in total. The highest BCUT2D eigenvalue weighted by Crippen LogP contribution is 2.23. The van der Waals surface area contributed by atoms with Gasteiger partial charge in [-0.2, -0.15) is 0 Å². The average Bonchev–Trinajstić information content (AvgIpc) is 2.71. The lowest BCUT2D eigenvalue weighted by atomic mass is 10.1. The molecule has 2 aromatic rings. The fourth-order valence-electron chi connectivity index (χ4n) is 2.10. The van der Waals surface area contributed by atoms with E-state index in [1.807, 2.05) is 0 Å². The highest BCUT2D eigenvalue weighted by molar-refractivity contribution is 5.94. The molecule has 0 atom stereocenters. The summed E-state index contributed by atoms with van der Waals surface area (Å²) in [5, 5.41) is 0. The Hall–Kier alpha value is -3.87. The van der Waals surface area contributed by atoms with Gasteiger partial charge in [0.1, 0.15) is 17.3 Å². The van der Waals surface area contributed by atoms with Crippen LogP contribution >= 0.6 is 0 Å². The molecule has 0 heterocycles. The number of rotatable bonds is 7. The monoisotopic (exact) mass is 382 g/mol. The average molecular weight is 382 g/mol. The molecule has 144 valence electrons. The Bertz CT molecular complexity index is 879. The molecule has 7 heteroatoms. The zero-order valence-electron chi connectivity index (χ0n) is 15.3. The molecule has 28 heavy (non-hydrogen) atoms. The highest BCUT2D eigenvalue weighted by Gasteiger charge is 2.13. The van der Waals surface area contributed by atoms with Crippen molar-refractivity contribution in [1.29, 1.82) is 0 Å². The first-order valence-electron chi connectivity index (χ1n) is 8.06. The van der Waals surface area contributed by atoms with E-state index in [0.717, 1.165) is 12.2 Å². The maximum absolute atomic E-state index is 12.0. The van der Waals surface area contributed by atoms with Crippen LogP contribution in [0.5, 0.6) is 11.5 Å². The van der Waals surface area contributed by atoms with E-state index < -0.39 is 17.9 Å². The van der Waals surface area contributed by atoms with Crippen LogP contribution in [-0.2, 0) is 19.1 Å². The third-order valence-electron chi connectivity index (χ3n) is 3.43. The number of carbonyl (C=O) groups is 3. The van der Waals surface area contributed by atoms with Gasteiger partial charge in [0.15, 0.2) is 0 Å². The summed E-state index contributed by atoms with van der Waals surface area (Å²) in [5.41, 5.74) is 0.578. The normalized spacial score (nSPS) is 10.2. The summed E-state index contributed by atoms with van der Waals surface area (Å²) in [6.45, 7) is 3.70. The largest absolute Gasteiger partial charge is 0.497 e. The number of methoxy groups -OCH3 is 2. The van der Waals surface area contributed by atoms with Gasteiger partial charge in [-0.05, 0) is 30.3 Å². The highest BCUT2D eigenvalue weighted by atomic mass is 16.5. The molecule has 0 aromatic heterocycles. The fourth-order valence-corrected chi connectivity index (χ4v) is 2.10. The Labute approximate surface area is 161 Å². The molecular formula is C21H18O7. The predicted molar refractivity (Wildman–Crippen MR) is 101 cm³/mol. The molecule has 0 amide bonds. The van der Waals surface area contributed by atoms with Gasteiger partial charge >= 0.3 is 17.9 Å². The van der Waals surface area contributed by atoms with Crippen LogP contribution in [0.4, 0.5) is 0 Å².